The van der Waals surface area contributed by atoms with Crippen LogP contribution in [0, 0.1) is 5.82 Å². The summed E-state index contributed by atoms with van der Waals surface area (Å²) in [5.74, 6) is 1.03. The summed E-state index contributed by atoms with van der Waals surface area (Å²) in [4.78, 5) is 18.6. The van der Waals surface area contributed by atoms with E-state index in [1.165, 1.54) is 18.7 Å². The van der Waals surface area contributed by atoms with Crippen LogP contribution in [0.2, 0.25) is 0 Å². The van der Waals surface area contributed by atoms with Gasteiger partial charge in [-0.2, -0.15) is 5.10 Å². The van der Waals surface area contributed by atoms with Crippen molar-refractivity contribution in [1.82, 2.24) is 34.3 Å². The third kappa shape index (κ3) is 2.41. The van der Waals surface area contributed by atoms with Gasteiger partial charge in [-0.1, -0.05) is 0 Å². The highest BCUT2D eigenvalue weighted by atomic mass is 19.1. The number of fused-ring (bicyclic) bond motifs is 1. The maximum atomic E-state index is 12.9. The predicted molar refractivity (Wildman–Crippen MR) is 74.4 cm³/mol. The average Bonchev–Trinajstić information content (AvgIpc) is 3.16. The number of aromatic nitrogens is 7. The third-order valence-corrected chi connectivity index (χ3v) is 3.53. The minimum atomic E-state index is -0.433. The largest absolute Gasteiger partial charge is 0.332 e. The first-order valence-corrected chi connectivity index (χ1v) is 6.88. The molecule has 1 aliphatic heterocycles. The Balaban J connectivity index is 1.53. The molecule has 0 aliphatic carbocycles. The zero-order chi connectivity index (χ0) is 14.9. The Morgan fingerprint density at radius 2 is 2.05 bits per heavy atom. The Bertz CT molecular complexity index is 764. The molecule has 0 saturated heterocycles. The maximum Gasteiger partial charge on any atom is 0.225 e. The SMILES string of the molecule is Fc1cnc(N2CCn3cc(Cn4cncn4)nc3C2)nc1. The van der Waals surface area contributed by atoms with Crippen molar-refractivity contribution in [3.63, 3.8) is 0 Å². The molecule has 0 spiro atoms. The zero-order valence-electron chi connectivity index (χ0n) is 11.7. The van der Waals surface area contributed by atoms with Gasteiger partial charge in [-0.3, -0.25) is 0 Å². The van der Waals surface area contributed by atoms with Crippen molar-refractivity contribution in [3.05, 3.63) is 48.6 Å². The molecule has 4 rings (SSSR count). The fraction of sp³-hybridized carbons (Fsp3) is 0.308. The lowest BCUT2D eigenvalue weighted by Crippen LogP contribution is -2.34. The summed E-state index contributed by atoms with van der Waals surface area (Å²) >= 11 is 0. The van der Waals surface area contributed by atoms with Crippen molar-refractivity contribution in [3.8, 4) is 0 Å². The Morgan fingerprint density at radius 1 is 1.18 bits per heavy atom. The van der Waals surface area contributed by atoms with E-state index in [1.54, 1.807) is 11.0 Å². The highest BCUT2D eigenvalue weighted by Gasteiger charge is 2.20. The molecule has 0 unspecified atom stereocenters. The van der Waals surface area contributed by atoms with Gasteiger partial charge in [0.2, 0.25) is 5.95 Å². The van der Waals surface area contributed by atoms with Crippen LogP contribution in [0.1, 0.15) is 11.5 Å². The molecule has 1 aliphatic rings. The first kappa shape index (κ1) is 12.9. The Kier molecular flexibility index (Phi) is 3.02. The average molecular weight is 300 g/mol. The van der Waals surface area contributed by atoms with Crippen LogP contribution in [0.3, 0.4) is 0 Å². The summed E-state index contributed by atoms with van der Waals surface area (Å²) in [6.07, 6.45) is 7.56. The van der Waals surface area contributed by atoms with Crippen LogP contribution in [0.4, 0.5) is 10.3 Å². The molecule has 0 aromatic carbocycles. The minimum Gasteiger partial charge on any atom is -0.332 e. The summed E-state index contributed by atoms with van der Waals surface area (Å²) in [7, 11) is 0. The zero-order valence-corrected chi connectivity index (χ0v) is 11.7. The molecular weight excluding hydrogens is 287 g/mol. The second-order valence-electron chi connectivity index (χ2n) is 5.06. The molecule has 0 radical (unpaired) electrons. The molecule has 22 heavy (non-hydrogen) atoms. The van der Waals surface area contributed by atoms with Gasteiger partial charge in [-0.05, 0) is 0 Å². The van der Waals surface area contributed by atoms with Gasteiger partial charge in [0.05, 0.1) is 31.2 Å². The number of halogens is 1. The van der Waals surface area contributed by atoms with E-state index in [1.807, 2.05) is 11.1 Å². The highest BCUT2D eigenvalue weighted by Crippen LogP contribution is 2.17. The van der Waals surface area contributed by atoms with Crippen molar-refractivity contribution in [2.24, 2.45) is 0 Å². The van der Waals surface area contributed by atoms with Crippen LogP contribution in [0.25, 0.3) is 0 Å². The van der Waals surface area contributed by atoms with Gasteiger partial charge >= 0.3 is 0 Å². The number of imidazole rings is 1. The van der Waals surface area contributed by atoms with Gasteiger partial charge in [0.25, 0.3) is 0 Å². The summed E-state index contributed by atoms with van der Waals surface area (Å²) in [5.41, 5.74) is 0.933. The lowest BCUT2D eigenvalue weighted by molar-refractivity contribution is 0.547. The number of nitrogens with zero attached hydrogens (tertiary/aromatic N) is 8. The predicted octanol–water partition coefficient (Wildman–Crippen LogP) is 0.472. The van der Waals surface area contributed by atoms with Crippen molar-refractivity contribution in [1.29, 1.82) is 0 Å². The Labute approximate surface area is 125 Å². The topological polar surface area (TPSA) is 77.5 Å². The van der Waals surface area contributed by atoms with Crippen LogP contribution < -0.4 is 4.90 Å². The van der Waals surface area contributed by atoms with Gasteiger partial charge < -0.3 is 9.47 Å². The standard InChI is InChI=1S/C13H13FN8/c14-10-3-16-13(17-4-10)21-2-1-20-5-11(19-12(20)7-21)6-22-9-15-8-18-22/h3-5,8-9H,1-2,6-7H2. The van der Waals surface area contributed by atoms with Crippen molar-refractivity contribution in [2.75, 3.05) is 11.4 Å². The number of anilines is 1. The summed E-state index contributed by atoms with van der Waals surface area (Å²) in [6.45, 7) is 2.74. The fourth-order valence-corrected chi connectivity index (χ4v) is 2.51. The molecule has 3 aromatic heterocycles. The quantitative estimate of drug-likeness (QED) is 0.700. The van der Waals surface area contributed by atoms with Crippen LogP contribution in [0.15, 0.2) is 31.2 Å². The summed E-state index contributed by atoms with van der Waals surface area (Å²) < 4.78 is 16.8. The van der Waals surface area contributed by atoms with Gasteiger partial charge in [-0.25, -0.2) is 29.0 Å². The molecule has 0 bridgehead atoms. The molecular formula is C13H13FN8. The van der Waals surface area contributed by atoms with E-state index in [9.17, 15) is 4.39 Å². The number of hydrogen-bond donors (Lipinski definition) is 0. The molecule has 112 valence electrons. The van der Waals surface area contributed by atoms with Gasteiger partial charge in [0.1, 0.15) is 18.5 Å². The molecule has 0 saturated carbocycles. The molecule has 0 fully saturated rings. The van der Waals surface area contributed by atoms with Crippen LogP contribution in [-0.2, 0) is 19.6 Å². The van der Waals surface area contributed by atoms with Gasteiger partial charge in [0.15, 0.2) is 5.82 Å². The lowest BCUT2D eigenvalue weighted by atomic mass is 10.4. The first-order chi connectivity index (χ1) is 10.8. The van der Waals surface area contributed by atoms with Crippen LogP contribution >= 0.6 is 0 Å². The summed E-state index contributed by atoms with van der Waals surface area (Å²) in [5, 5.41) is 4.08. The van der Waals surface area contributed by atoms with Crippen LogP contribution in [0.5, 0.6) is 0 Å². The molecule has 9 heteroatoms. The Morgan fingerprint density at radius 3 is 2.82 bits per heavy atom. The van der Waals surface area contributed by atoms with Gasteiger partial charge in [0, 0.05) is 19.3 Å². The second-order valence-corrected chi connectivity index (χ2v) is 5.06. The third-order valence-electron chi connectivity index (χ3n) is 3.53. The monoisotopic (exact) mass is 300 g/mol. The minimum absolute atomic E-state index is 0.433. The van der Waals surface area contributed by atoms with Crippen LogP contribution in [-0.4, -0.2) is 40.8 Å². The van der Waals surface area contributed by atoms with E-state index < -0.39 is 5.82 Å². The lowest BCUT2D eigenvalue weighted by Gasteiger charge is -2.27. The maximum absolute atomic E-state index is 12.9. The summed E-state index contributed by atoms with van der Waals surface area (Å²) in [6, 6.07) is 0. The number of hydrogen-bond acceptors (Lipinski definition) is 6. The van der Waals surface area contributed by atoms with Gasteiger partial charge in [-0.15, -0.1) is 0 Å². The van der Waals surface area contributed by atoms with E-state index >= 15 is 0 Å². The van der Waals surface area contributed by atoms with Crippen molar-refractivity contribution < 1.29 is 4.39 Å². The fourth-order valence-electron chi connectivity index (χ4n) is 2.51. The number of rotatable bonds is 3. The van der Waals surface area contributed by atoms with E-state index in [0.29, 0.717) is 19.0 Å². The Hall–Kier alpha value is -2.84. The smallest absolute Gasteiger partial charge is 0.225 e. The van der Waals surface area contributed by atoms with E-state index in [4.69, 9.17) is 0 Å². The van der Waals surface area contributed by atoms with E-state index in [2.05, 4.69) is 29.6 Å². The second kappa shape index (κ2) is 5.17. The van der Waals surface area contributed by atoms with Crippen molar-refractivity contribution in [2.45, 2.75) is 19.6 Å². The highest BCUT2D eigenvalue weighted by molar-refractivity contribution is 5.30. The molecule has 0 atom stereocenters. The van der Waals surface area contributed by atoms with Crippen molar-refractivity contribution >= 4 is 5.95 Å². The molecule has 0 amide bonds. The first-order valence-electron chi connectivity index (χ1n) is 6.88. The van der Waals surface area contributed by atoms with E-state index in [-0.39, 0.29) is 0 Å². The molecule has 3 aromatic rings. The molecule has 4 heterocycles. The van der Waals surface area contributed by atoms with E-state index in [0.717, 1.165) is 24.6 Å². The molecule has 0 N–H and O–H groups in total. The molecule has 8 nitrogen and oxygen atoms in total. The normalized spacial score (nSPS) is 14.1.